The fraction of sp³-hybridized carbons (Fsp3) is 0.231. The summed E-state index contributed by atoms with van der Waals surface area (Å²) in [4.78, 5) is 10.00. The van der Waals surface area contributed by atoms with Crippen LogP contribution < -0.4 is 10.5 Å². The van der Waals surface area contributed by atoms with Gasteiger partial charge in [-0.15, -0.1) is 0 Å². The molecule has 0 bridgehead atoms. The number of nitro benzene ring substituents is 1. The average molecular weight is 341 g/mol. The summed E-state index contributed by atoms with van der Waals surface area (Å²) in [6.45, 7) is 1.39. The highest BCUT2D eigenvalue weighted by Crippen LogP contribution is 2.29. The average Bonchev–Trinajstić information content (AvgIpc) is 2.99. The van der Waals surface area contributed by atoms with Crippen LogP contribution in [0.2, 0.25) is 0 Å². The summed E-state index contributed by atoms with van der Waals surface area (Å²) < 4.78 is 27.7. The van der Waals surface area contributed by atoms with E-state index in [2.05, 4.69) is 5.32 Å². The number of hydrogen-bond acceptors (Lipinski definition) is 7. The minimum Gasteiger partial charge on any atom is -0.466 e. The molecule has 9 nitrogen and oxygen atoms in total. The minimum absolute atomic E-state index is 0.0502. The van der Waals surface area contributed by atoms with E-state index in [1.165, 1.54) is 19.3 Å². The quantitative estimate of drug-likeness (QED) is 0.527. The van der Waals surface area contributed by atoms with Crippen molar-refractivity contribution in [1.29, 1.82) is 0 Å². The van der Waals surface area contributed by atoms with Gasteiger partial charge in [-0.25, -0.2) is 13.6 Å². The van der Waals surface area contributed by atoms with Gasteiger partial charge in [0.25, 0.3) is 5.69 Å². The summed E-state index contributed by atoms with van der Waals surface area (Å²) in [6.07, 6.45) is 1.40. The number of nitrogens with two attached hydrogens (primary N) is 1. The van der Waals surface area contributed by atoms with Crippen LogP contribution in [0.3, 0.4) is 0 Å². The van der Waals surface area contributed by atoms with E-state index in [4.69, 9.17) is 9.56 Å². The van der Waals surface area contributed by atoms with Gasteiger partial charge in [0.1, 0.15) is 17.0 Å². The van der Waals surface area contributed by atoms with Crippen LogP contribution in [-0.2, 0) is 15.6 Å². The fourth-order valence-corrected chi connectivity index (χ4v) is 2.46. The molecule has 2 rings (SSSR count). The smallest absolute Gasteiger partial charge is 0.293 e. The number of rotatable bonds is 6. The lowest BCUT2D eigenvalue weighted by molar-refractivity contribution is -0.384. The molecule has 1 atom stereocenters. The van der Waals surface area contributed by atoms with Crippen molar-refractivity contribution < 1.29 is 22.9 Å². The molecule has 10 heteroatoms. The number of benzene rings is 1. The predicted octanol–water partition coefficient (Wildman–Crippen LogP) is 1.15. The summed E-state index contributed by atoms with van der Waals surface area (Å²) in [5.41, 5.74) is -1.82. The van der Waals surface area contributed by atoms with E-state index >= 15 is 0 Å². The molecule has 4 N–H and O–H groups in total. The van der Waals surface area contributed by atoms with Gasteiger partial charge >= 0.3 is 0 Å². The van der Waals surface area contributed by atoms with Crippen LogP contribution in [0.25, 0.3) is 0 Å². The van der Waals surface area contributed by atoms with E-state index < -0.39 is 26.2 Å². The van der Waals surface area contributed by atoms with Crippen LogP contribution >= 0.6 is 0 Å². The molecule has 0 aliphatic heterocycles. The molecule has 0 aliphatic rings. The van der Waals surface area contributed by atoms with Crippen molar-refractivity contribution in [3.05, 3.63) is 52.5 Å². The first-order chi connectivity index (χ1) is 10.6. The Bertz CT molecular complexity index is 814. The third-order valence-electron chi connectivity index (χ3n) is 3.17. The lowest BCUT2D eigenvalue weighted by atomic mass is 10.0. The maximum atomic E-state index is 11.3. The van der Waals surface area contributed by atoms with Gasteiger partial charge in [-0.2, -0.15) is 0 Å². The Morgan fingerprint density at radius 1 is 1.43 bits per heavy atom. The van der Waals surface area contributed by atoms with E-state index in [0.29, 0.717) is 0 Å². The van der Waals surface area contributed by atoms with Crippen molar-refractivity contribution in [3.8, 4) is 0 Å². The summed E-state index contributed by atoms with van der Waals surface area (Å²) in [7, 11) is -4.05. The van der Waals surface area contributed by atoms with Gasteiger partial charge in [-0.05, 0) is 31.2 Å². The van der Waals surface area contributed by atoms with E-state index in [-0.39, 0.29) is 22.9 Å². The molecule has 1 aromatic heterocycles. The molecule has 1 unspecified atom stereocenters. The number of aliphatic hydroxyl groups is 1. The van der Waals surface area contributed by atoms with Crippen LogP contribution in [0.15, 0.2) is 45.9 Å². The molecule has 2 aromatic rings. The SMILES string of the molecule is CC(O)(CNc1ccc(S(N)(=O)=O)cc1[N+](=O)[O-])c1ccco1. The number of nitrogens with zero attached hydrogens (tertiary/aromatic N) is 1. The second kappa shape index (κ2) is 5.99. The summed E-state index contributed by atoms with van der Waals surface area (Å²) in [6, 6.07) is 6.40. The standard InChI is InChI=1S/C13H15N3O6S/c1-13(17,12-3-2-6-22-12)8-15-10-5-4-9(23(14,20)21)7-11(10)16(18)19/h2-7,15,17H,8H2,1H3,(H2,14,20,21). The first-order valence-corrected chi connectivity index (χ1v) is 7.97. The van der Waals surface area contributed by atoms with Crippen molar-refractivity contribution in [2.45, 2.75) is 17.4 Å². The molecular weight excluding hydrogens is 326 g/mol. The maximum absolute atomic E-state index is 11.3. The predicted molar refractivity (Wildman–Crippen MR) is 81.2 cm³/mol. The first kappa shape index (κ1) is 16.9. The van der Waals surface area contributed by atoms with Crippen molar-refractivity contribution in [2.24, 2.45) is 5.14 Å². The molecule has 1 heterocycles. The second-order valence-electron chi connectivity index (χ2n) is 5.09. The highest BCUT2D eigenvalue weighted by atomic mass is 32.2. The lowest BCUT2D eigenvalue weighted by Crippen LogP contribution is -2.30. The van der Waals surface area contributed by atoms with Gasteiger partial charge in [-0.3, -0.25) is 10.1 Å². The number of primary sulfonamides is 1. The monoisotopic (exact) mass is 341 g/mol. The van der Waals surface area contributed by atoms with Gasteiger partial charge in [-0.1, -0.05) is 0 Å². The van der Waals surface area contributed by atoms with E-state index in [1.54, 1.807) is 12.1 Å². The Labute approximate surface area is 131 Å². The van der Waals surface area contributed by atoms with Crippen LogP contribution in [-0.4, -0.2) is 25.0 Å². The zero-order valence-corrected chi connectivity index (χ0v) is 12.9. The Morgan fingerprint density at radius 2 is 2.13 bits per heavy atom. The van der Waals surface area contributed by atoms with Crippen molar-refractivity contribution in [1.82, 2.24) is 0 Å². The second-order valence-corrected chi connectivity index (χ2v) is 6.65. The number of furan rings is 1. The maximum Gasteiger partial charge on any atom is 0.293 e. The van der Waals surface area contributed by atoms with Crippen molar-refractivity contribution in [2.75, 3.05) is 11.9 Å². The summed E-state index contributed by atoms with van der Waals surface area (Å²) in [5, 5.41) is 29.1. The minimum atomic E-state index is -4.05. The highest BCUT2D eigenvalue weighted by Gasteiger charge is 2.27. The number of sulfonamides is 1. The van der Waals surface area contributed by atoms with Gasteiger partial charge in [0.15, 0.2) is 0 Å². The molecule has 0 fully saturated rings. The summed E-state index contributed by atoms with van der Waals surface area (Å²) >= 11 is 0. The number of nitro groups is 1. The largest absolute Gasteiger partial charge is 0.466 e. The van der Waals surface area contributed by atoms with Crippen LogP contribution in [0, 0.1) is 10.1 Å². The fourth-order valence-electron chi connectivity index (χ4n) is 1.93. The van der Waals surface area contributed by atoms with Gasteiger partial charge < -0.3 is 14.8 Å². The normalized spacial score (nSPS) is 14.2. The Hall–Kier alpha value is -2.43. The van der Waals surface area contributed by atoms with E-state index in [1.807, 2.05) is 0 Å². The van der Waals surface area contributed by atoms with Gasteiger partial charge in [0, 0.05) is 6.07 Å². The third-order valence-corrected chi connectivity index (χ3v) is 4.08. The molecule has 0 radical (unpaired) electrons. The van der Waals surface area contributed by atoms with E-state index in [9.17, 15) is 23.6 Å². The highest BCUT2D eigenvalue weighted by molar-refractivity contribution is 7.89. The van der Waals surface area contributed by atoms with E-state index in [0.717, 1.165) is 12.1 Å². The molecule has 0 amide bonds. The van der Waals surface area contributed by atoms with Crippen LogP contribution in [0.5, 0.6) is 0 Å². The molecule has 0 saturated carbocycles. The molecule has 0 spiro atoms. The number of nitrogens with one attached hydrogen (secondary N) is 1. The number of hydrogen-bond donors (Lipinski definition) is 3. The molecule has 124 valence electrons. The third kappa shape index (κ3) is 3.86. The molecule has 0 saturated heterocycles. The van der Waals surface area contributed by atoms with Crippen LogP contribution in [0.1, 0.15) is 12.7 Å². The first-order valence-electron chi connectivity index (χ1n) is 6.43. The Morgan fingerprint density at radius 3 is 2.65 bits per heavy atom. The molecule has 1 aromatic carbocycles. The van der Waals surface area contributed by atoms with Crippen LogP contribution in [0.4, 0.5) is 11.4 Å². The molecule has 0 aliphatic carbocycles. The Balaban J connectivity index is 2.28. The molecule has 23 heavy (non-hydrogen) atoms. The zero-order valence-electron chi connectivity index (χ0n) is 12.1. The molecular formula is C13H15N3O6S. The zero-order chi connectivity index (χ0) is 17.3. The Kier molecular flexibility index (Phi) is 4.41. The van der Waals surface area contributed by atoms with Crippen molar-refractivity contribution in [3.63, 3.8) is 0 Å². The topological polar surface area (TPSA) is 149 Å². The summed E-state index contributed by atoms with van der Waals surface area (Å²) in [5.74, 6) is 0.286. The van der Waals surface area contributed by atoms with Crippen molar-refractivity contribution >= 4 is 21.4 Å². The van der Waals surface area contributed by atoms with Gasteiger partial charge in [0.2, 0.25) is 10.0 Å². The van der Waals surface area contributed by atoms with Gasteiger partial charge in [0.05, 0.1) is 22.6 Å². The number of anilines is 1. The lowest BCUT2D eigenvalue weighted by Gasteiger charge is -2.21.